The summed E-state index contributed by atoms with van der Waals surface area (Å²) in [6.07, 6.45) is 11.4. The Hall–Kier alpha value is -0.570. The van der Waals surface area contributed by atoms with Gasteiger partial charge in [-0.05, 0) is 53.1 Å². The van der Waals surface area contributed by atoms with Crippen LogP contribution in [0.2, 0.25) is 0 Å². The van der Waals surface area contributed by atoms with Crippen molar-refractivity contribution >= 4 is 5.97 Å². The number of ether oxygens (including phenoxy) is 1. The molecule has 0 saturated carbocycles. The highest BCUT2D eigenvalue weighted by molar-refractivity contribution is 5.76. The number of nitrogens with zero attached hydrogens (tertiary/aromatic N) is 1. The molecule has 124 valence electrons. The van der Waals surface area contributed by atoms with Gasteiger partial charge in [0.05, 0.1) is 0 Å². The second kappa shape index (κ2) is 9.45. The van der Waals surface area contributed by atoms with Crippen molar-refractivity contribution in [1.82, 2.24) is 4.90 Å². The van der Waals surface area contributed by atoms with E-state index in [1.807, 2.05) is 20.8 Å². The monoisotopic (exact) mass is 297 g/mol. The van der Waals surface area contributed by atoms with Gasteiger partial charge in [0.2, 0.25) is 0 Å². The molecule has 0 unspecified atom stereocenters. The van der Waals surface area contributed by atoms with Crippen LogP contribution in [0.3, 0.4) is 0 Å². The molecule has 0 aromatic heterocycles. The quantitative estimate of drug-likeness (QED) is 0.462. The molecule has 1 saturated heterocycles. The van der Waals surface area contributed by atoms with Crippen molar-refractivity contribution in [1.29, 1.82) is 0 Å². The van der Waals surface area contributed by atoms with Crippen LogP contribution in [0.5, 0.6) is 0 Å². The average molecular weight is 297 g/mol. The lowest BCUT2D eigenvalue weighted by Crippen LogP contribution is -2.40. The third-order valence-corrected chi connectivity index (χ3v) is 4.09. The largest absolute Gasteiger partial charge is 0.459 e. The summed E-state index contributed by atoms with van der Waals surface area (Å²) in [6, 6.07) is 0.00400. The molecule has 0 spiro atoms. The van der Waals surface area contributed by atoms with E-state index >= 15 is 0 Å². The molecule has 21 heavy (non-hydrogen) atoms. The third-order valence-electron chi connectivity index (χ3n) is 4.09. The third kappa shape index (κ3) is 7.85. The van der Waals surface area contributed by atoms with Gasteiger partial charge in [0.1, 0.15) is 11.6 Å². The number of carbonyl (C=O) groups excluding carboxylic acids is 1. The van der Waals surface area contributed by atoms with E-state index in [9.17, 15) is 4.79 Å². The second-order valence-electron chi connectivity index (χ2n) is 7.35. The molecule has 3 nitrogen and oxygen atoms in total. The summed E-state index contributed by atoms with van der Waals surface area (Å²) in [7, 11) is 0. The van der Waals surface area contributed by atoms with Gasteiger partial charge in [-0.2, -0.15) is 0 Å². The average Bonchev–Trinajstić information content (AvgIpc) is 2.84. The summed E-state index contributed by atoms with van der Waals surface area (Å²) < 4.78 is 5.54. The number of rotatable bonds is 9. The fourth-order valence-corrected chi connectivity index (χ4v) is 3.00. The first kappa shape index (κ1) is 18.5. The molecule has 1 atom stereocenters. The summed E-state index contributed by atoms with van der Waals surface area (Å²) in [5, 5.41) is 0. The first-order chi connectivity index (χ1) is 9.94. The van der Waals surface area contributed by atoms with Gasteiger partial charge >= 0.3 is 5.97 Å². The van der Waals surface area contributed by atoms with Crippen LogP contribution in [0.1, 0.15) is 85.5 Å². The minimum absolute atomic E-state index is 0.00400. The zero-order valence-electron chi connectivity index (χ0n) is 14.6. The zero-order chi connectivity index (χ0) is 15.7. The molecule has 0 bridgehead atoms. The van der Waals surface area contributed by atoms with Crippen LogP contribution in [0.15, 0.2) is 0 Å². The van der Waals surface area contributed by atoms with E-state index in [1.54, 1.807) is 0 Å². The smallest absolute Gasteiger partial charge is 0.323 e. The lowest BCUT2D eigenvalue weighted by Gasteiger charge is -2.27. The van der Waals surface area contributed by atoms with E-state index < -0.39 is 0 Å². The molecule has 1 fully saturated rings. The van der Waals surface area contributed by atoms with Crippen LogP contribution in [0, 0.1) is 0 Å². The minimum Gasteiger partial charge on any atom is -0.459 e. The Morgan fingerprint density at radius 1 is 1.10 bits per heavy atom. The summed E-state index contributed by atoms with van der Waals surface area (Å²) in [4.78, 5) is 14.5. The molecule has 0 radical (unpaired) electrons. The van der Waals surface area contributed by atoms with Gasteiger partial charge in [-0.15, -0.1) is 0 Å². The van der Waals surface area contributed by atoms with Crippen LogP contribution in [0.4, 0.5) is 0 Å². The van der Waals surface area contributed by atoms with Crippen molar-refractivity contribution in [2.24, 2.45) is 0 Å². The standard InChI is InChI=1S/C18H35NO2/c1-5-6-7-8-9-10-11-14-19-15-12-13-16(19)17(20)21-18(2,3)4/h16H,5-15H2,1-4H3/t16-/m1/s1. The van der Waals surface area contributed by atoms with Crippen LogP contribution < -0.4 is 0 Å². The van der Waals surface area contributed by atoms with E-state index in [4.69, 9.17) is 4.74 Å². The first-order valence-corrected chi connectivity index (χ1v) is 8.91. The van der Waals surface area contributed by atoms with Gasteiger partial charge in [-0.3, -0.25) is 9.69 Å². The van der Waals surface area contributed by atoms with E-state index in [1.165, 1.54) is 44.9 Å². The normalized spacial score (nSPS) is 19.9. The predicted octanol–water partition coefficient (Wildman–Crippen LogP) is 4.54. The van der Waals surface area contributed by atoms with E-state index in [2.05, 4.69) is 11.8 Å². The topological polar surface area (TPSA) is 29.5 Å². The molecule has 0 amide bonds. The van der Waals surface area contributed by atoms with Crippen LogP contribution in [-0.2, 0) is 9.53 Å². The molecule has 1 rings (SSSR count). The Morgan fingerprint density at radius 3 is 2.33 bits per heavy atom. The van der Waals surface area contributed by atoms with E-state index in [0.29, 0.717) is 0 Å². The van der Waals surface area contributed by atoms with Crippen LogP contribution in [0.25, 0.3) is 0 Å². The molecule has 0 aromatic rings. The Bertz CT molecular complexity index is 296. The SMILES string of the molecule is CCCCCCCCCN1CCC[C@@H]1C(=O)OC(C)(C)C. The number of likely N-dealkylation sites (tertiary alicyclic amines) is 1. The lowest BCUT2D eigenvalue weighted by atomic mass is 10.1. The Balaban J connectivity index is 2.20. The number of hydrogen-bond donors (Lipinski definition) is 0. The summed E-state index contributed by atoms with van der Waals surface area (Å²) in [5.41, 5.74) is -0.370. The highest BCUT2D eigenvalue weighted by Gasteiger charge is 2.33. The summed E-state index contributed by atoms with van der Waals surface area (Å²) in [5.74, 6) is -0.0251. The van der Waals surface area contributed by atoms with Gasteiger partial charge in [-0.1, -0.05) is 45.4 Å². The molecule has 1 aliphatic heterocycles. The number of esters is 1. The van der Waals surface area contributed by atoms with Gasteiger partial charge in [0.15, 0.2) is 0 Å². The lowest BCUT2D eigenvalue weighted by molar-refractivity contribution is -0.160. The highest BCUT2D eigenvalue weighted by Crippen LogP contribution is 2.21. The zero-order valence-corrected chi connectivity index (χ0v) is 14.6. The van der Waals surface area contributed by atoms with Crippen molar-refractivity contribution < 1.29 is 9.53 Å². The van der Waals surface area contributed by atoms with Crippen LogP contribution in [-0.4, -0.2) is 35.6 Å². The summed E-state index contributed by atoms with van der Waals surface area (Å²) in [6.45, 7) is 10.2. The maximum absolute atomic E-state index is 12.2. The minimum atomic E-state index is -0.370. The van der Waals surface area contributed by atoms with Gasteiger partial charge in [0, 0.05) is 0 Å². The molecular formula is C18H35NO2. The second-order valence-corrected chi connectivity index (χ2v) is 7.35. The predicted molar refractivity (Wildman–Crippen MR) is 88.4 cm³/mol. The Kier molecular flexibility index (Phi) is 8.31. The molecular weight excluding hydrogens is 262 g/mol. The molecule has 0 N–H and O–H groups in total. The Labute approximate surface area is 131 Å². The molecule has 3 heteroatoms. The molecule has 1 aliphatic rings. The fraction of sp³-hybridized carbons (Fsp3) is 0.944. The van der Waals surface area contributed by atoms with E-state index in [-0.39, 0.29) is 17.6 Å². The Morgan fingerprint density at radius 2 is 1.71 bits per heavy atom. The summed E-state index contributed by atoms with van der Waals surface area (Å²) >= 11 is 0. The van der Waals surface area contributed by atoms with Gasteiger partial charge < -0.3 is 4.74 Å². The van der Waals surface area contributed by atoms with Crippen LogP contribution >= 0.6 is 0 Å². The van der Waals surface area contributed by atoms with Gasteiger partial charge in [-0.25, -0.2) is 0 Å². The number of carbonyl (C=O) groups is 1. The highest BCUT2D eigenvalue weighted by atomic mass is 16.6. The maximum Gasteiger partial charge on any atom is 0.323 e. The number of hydrogen-bond acceptors (Lipinski definition) is 3. The first-order valence-electron chi connectivity index (χ1n) is 8.91. The van der Waals surface area contributed by atoms with E-state index in [0.717, 1.165) is 25.9 Å². The number of unbranched alkanes of at least 4 members (excludes halogenated alkanes) is 6. The van der Waals surface area contributed by atoms with Crippen molar-refractivity contribution in [2.45, 2.75) is 97.1 Å². The van der Waals surface area contributed by atoms with Gasteiger partial charge in [0.25, 0.3) is 0 Å². The maximum atomic E-state index is 12.2. The van der Waals surface area contributed by atoms with Crippen molar-refractivity contribution in [2.75, 3.05) is 13.1 Å². The van der Waals surface area contributed by atoms with Crippen molar-refractivity contribution in [3.8, 4) is 0 Å². The van der Waals surface area contributed by atoms with Crippen molar-refractivity contribution in [3.63, 3.8) is 0 Å². The molecule has 0 aliphatic carbocycles. The van der Waals surface area contributed by atoms with Crippen molar-refractivity contribution in [3.05, 3.63) is 0 Å². The fourth-order valence-electron chi connectivity index (χ4n) is 3.00. The molecule has 1 heterocycles. The molecule has 0 aromatic carbocycles.